The van der Waals surface area contributed by atoms with Crippen molar-refractivity contribution >= 4 is 27.0 Å². The number of ketones is 1. The van der Waals surface area contributed by atoms with Crippen LogP contribution < -0.4 is 5.73 Å². The predicted octanol–water partition coefficient (Wildman–Crippen LogP) is 1.04. The molecule has 2 N–H and O–H groups in total. The van der Waals surface area contributed by atoms with Gasteiger partial charge >= 0.3 is 0 Å². The zero-order chi connectivity index (χ0) is 13.6. The molecule has 0 atom stereocenters. The number of rotatable bonds is 8. The molecule has 1 aromatic heterocycles. The number of carbonyl (C=O) groups excluding carboxylic acids is 1. The molecular formula is C11H18N2O3S2. The average Bonchev–Trinajstić information content (AvgIpc) is 2.75. The molecule has 0 bridgehead atoms. The van der Waals surface area contributed by atoms with Gasteiger partial charge in [-0.2, -0.15) is 0 Å². The minimum atomic E-state index is -3.10. The summed E-state index contributed by atoms with van der Waals surface area (Å²) in [5.41, 5.74) is 5.75. The third-order valence-electron chi connectivity index (χ3n) is 2.35. The van der Waals surface area contributed by atoms with Gasteiger partial charge in [0.25, 0.3) is 0 Å². The van der Waals surface area contributed by atoms with Crippen LogP contribution in [0.2, 0.25) is 0 Å². The van der Waals surface area contributed by atoms with Gasteiger partial charge in [0.15, 0.2) is 15.6 Å². The number of sulfone groups is 1. The van der Waals surface area contributed by atoms with Crippen LogP contribution in [-0.4, -0.2) is 37.2 Å². The first-order chi connectivity index (χ1) is 8.48. The highest BCUT2D eigenvalue weighted by molar-refractivity contribution is 7.91. The van der Waals surface area contributed by atoms with Gasteiger partial charge in [0.05, 0.1) is 10.8 Å². The van der Waals surface area contributed by atoms with Gasteiger partial charge in [0, 0.05) is 24.0 Å². The van der Waals surface area contributed by atoms with Gasteiger partial charge in [-0.3, -0.25) is 4.79 Å². The van der Waals surface area contributed by atoms with Gasteiger partial charge in [0.1, 0.15) is 5.69 Å². The minimum absolute atomic E-state index is 0.00807. The summed E-state index contributed by atoms with van der Waals surface area (Å²) in [4.78, 5) is 15.9. The Hall–Kier alpha value is -0.790. The first-order valence-electron chi connectivity index (χ1n) is 5.86. The van der Waals surface area contributed by atoms with Gasteiger partial charge in [-0.1, -0.05) is 6.92 Å². The molecule has 18 heavy (non-hydrogen) atoms. The van der Waals surface area contributed by atoms with E-state index in [1.807, 2.05) is 0 Å². The molecule has 0 radical (unpaired) electrons. The van der Waals surface area contributed by atoms with Crippen molar-refractivity contribution in [1.29, 1.82) is 0 Å². The van der Waals surface area contributed by atoms with Crippen LogP contribution in [0.25, 0.3) is 0 Å². The number of nitrogens with zero attached hydrogens (tertiary/aromatic N) is 1. The van der Waals surface area contributed by atoms with Crippen molar-refractivity contribution in [2.45, 2.75) is 26.2 Å². The number of hydrogen-bond donors (Lipinski definition) is 1. The highest BCUT2D eigenvalue weighted by atomic mass is 32.2. The van der Waals surface area contributed by atoms with Crippen molar-refractivity contribution in [3.8, 4) is 0 Å². The summed E-state index contributed by atoms with van der Waals surface area (Å²) in [6.07, 6.45) is 1.23. The Morgan fingerprint density at radius 2 is 2.17 bits per heavy atom. The van der Waals surface area contributed by atoms with Crippen molar-refractivity contribution in [3.05, 3.63) is 16.1 Å². The van der Waals surface area contributed by atoms with E-state index in [9.17, 15) is 13.2 Å². The second-order valence-corrected chi connectivity index (χ2v) is 7.24. The summed E-state index contributed by atoms with van der Waals surface area (Å²) in [7, 11) is -3.10. The van der Waals surface area contributed by atoms with Crippen LogP contribution in [0.3, 0.4) is 0 Å². The maximum Gasteiger partial charge on any atom is 0.183 e. The number of nitrogens with two attached hydrogens (primary N) is 1. The SMILES string of the molecule is CCCS(=O)(=O)CCC(=O)c1csc(CCN)n1. The normalized spacial score (nSPS) is 11.7. The maximum atomic E-state index is 11.8. The Balaban J connectivity index is 2.55. The summed E-state index contributed by atoms with van der Waals surface area (Å²) in [6.45, 7) is 2.30. The molecule has 0 aliphatic heterocycles. The fourth-order valence-corrected chi connectivity index (χ4v) is 3.61. The molecule has 1 rings (SSSR count). The van der Waals surface area contributed by atoms with Crippen LogP contribution in [0.15, 0.2) is 5.38 Å². The van der Waals surface area contributed by atoms with E-state index in [1.54, 1.807) is 12.3 Å². The number of carbonyl (C=O) groups is 1. The van der Waals surface area contributed by atoms with E-state index in [0.29, 0.717) is 25.1 Å². The van der Waals surface area contributed by atoms with Crippen molar-refractivity contribution in [1.82, 2.24) is 4.98 Å². The molecule has 1 aromatic rings. The molecule has 0 aliphatic carbocycles. The van der Waals surface area contributed by atoms with Crippen molar-refractivity contribution in [2.24, 2.45) is 5.73 Å². The van der Waals surface area contributed by atoms with E-state index in [-0.39, 0.29) is 23.7 Å². The molecule has 0 aliphatic rings. The van der Waals surface area contributed by atoms with Gasteiger partial charge in [-0.25, -0.2) is 13.4 Å². The summed E-state index contributed by atoms with van der Waals surface area (Å²) in [5, 5.41) is 2.48. The monoisotopic (exact) mass is 290 g/mol. The Kier molecular flexibility index (Phi) is 5.90. The average molecular weight is 290 g/mol. The van der Waals surface area contributed by atoms with E-state index in [1.165, 1.54) is 11.3 Å². The third-order valence-corrected chi connectivity index (χ3v) is 5.12. The van der Waals surface area contributed by atoms with Crippen LogP contribution in [0, 0.1) is 0 Å². The molecule has 102 valence electrons. The first kappa shape index (κ1) is 15.3. The molecule has 0 spiro atoms. The summed E-state index contributed by atoms with van der Waals surface area (Å²) >= 11 is 1.38. The van der Waals surface area contributed by atoms with E-state index < -0.39 is 9.84 Å². The van der Waals surface area contributed by atoms with Crippen LogP contribution in [0.4, 0.5) is 0 Å². The van der Waals surface area contributed by atoms with E-state index in [2.05, 4.69) is 4.98 Å². The van der Waals surface area contributed by atoms with Gasteiger partial charge in [0.2, 0.25) is 0 Å². The zero-order valence-corrected chi connectivity index (χ0v) is 12.0. The van der Waals surface area contributed by atoms with Crippen LogP contribution in [0.1, 0.15) is 35.3 Å². The maximum absolute atomic E-state index is 11.8. The molecule has 0 amide bonds. The summed E-state index contributed by atoms with van der Waals surface area (Å²) in [5.74, 6) is -0.173. The minimum Gasteiger partial charge on any atom is -0.330 e. The second-order valence-electron chi connectivity index (χ2n) is 3.99. The molecule has 1 heterocycles. The van der Waals surface area contributed by atoms with Gasteiger partial charge in [-0.05, 0) is 13.0 Å². The Bertz CT molecular complexity index is 494. The van der Waals surface area contributed by atoms with Gasteiger partial charge in [-0.15, -0.1) is 11.3 Å². The Labute approximate surface area is 111 Å². The summed E-state index contributed by atoms with van der Waals surface area (Å²) in [6, 6.07) is 0. The fourth-order valence-electron chi connectivity index (χ4n) is 1.47. The van der Waals surface area contributed by atoms with Crippen LogP contribution in [0.5, 0.6) is 0 Å². The lowest BCUT2D eigenvalue weighted by molar-refractivity contribution is 0.0984. The van der Waals surface area contributed by atoms with Crippen molar-refractivity contribution < 1.29 is 13.2 Å². The molecule has 5 nitrogen and oxygen atoms in total. The van der Waals surface area contributed by atoms with E-state index >= 15 is 0 Å². The zero-order valence-electron chi connectivity index (χ0n) is 10.4. The first-order valence-corrected chi connectivity index (χ1v) is 8.56. The fraction of sp³-hybridized carbons (Fsp3) is 0.636. The lowest BCUT2D eigenvalue weighted by Crippen LogP contribution is -2.14. The number of Topliss-reactive ketones (excluding diaryl/α,β-unsaturated/α-hetero) is 1. The lowest BCUT2D eigenvalue weighted by Gasteiger charge is -2.00. The third kappa shape index (κ3) is 4.83. The van der Waals surface area contributed by atoms with E-state index in [4.69, 9.17) is 5.73 Å². The molecule has 0 saturated heterocycles. The molecule has 0 aromatic carbocycles. The number of aromatic nitrogens is 1. The Morgan fingerprint density at radius 3 is 2.78 bits per heavy atom. The Morgan fingerprint density at radius 1 is 1.44 bits per heavy atom. The highest BCUT2D eigenvalue weighted by Crippen LogP contribution is 2.12. The smallest absolute Gasteiger partial charge is 0.183 e. The standard InChI is InChI=1S/C11H18N2O3S2/c1-2-6-18(15,16)7-4-10(14)9-8-17-11(13-9)3-5-12/h8H,2-7,12H2,1H3. The van der Waals surface area contributed by atoms with E-state index in [0.717, 1.165) is 5.01 Å². The molecule has 0 saturated carbocycles. The van der Waals surface area contributed by atoms with Crippen LogP contribution >= 0.6 is 11.3 Å². The molecule has 7 heteroatoms. The largest absolute Gasteiger partial charge is 0.330 e. The van der Waals surface area contributed by atoms with Crippen LogP contribution in [-0.2, 0) is 16.3 Å². The van der Waals surface area contributed by atoms with Crippen molar-refractivity contribution in [2.75, 3.05) is 18.1 Å². The topological polar surface area (TPSA) is 90.1 Å². The highest BCUT2D eigenvalue weighted by Gasteiger charge is 2.15. The molecule has 0 fully saturated rings. The summed E-state index contributed by atoms with van der Waals surface area (Å²) < 4.78 is 23.0. The van der Waals surface area contributed by atoms with Crippen molar-refractivity contribution in [3.63, 3.8) is 0 Å². The quantitative estimate of drug-likeness (QED) is 0.722. The number of hydrogen-bond acceptors (Lipinski definition) is 6. The number of thiazole rings is 1. The predicted molar refractivity (Wildman–Crippen MR) is 72.8 cm³/mol. The lowest BCUT2D eigenvalue weighted by atomic mass is 10.2. The molecule has 0 unspecified atom stereocenters. The molecular weight excluding hydrogens is 272 g/mol. The van der Waals surface area contributed by atoms with Gasteiger partial charge < -0.3 is 5.73 Å². The second kappa shape index (κ2) is 6.96.